The summed E-state index contributed by atoms with van der Waals surface area (Å²) >= 11 is 0. The first-order chi connectivity index (χ1) is 11.4. The minimum absolute atomic E-state index is 0.0782. The average Bonchev–Trinajstić information content (AvgIpc) is 2.90. The van der Waals surface area contributed by atoms with Gasteiger partial charge in [0.2, 0.25) is 5.79 Å². The van der Waals surface area contributed by atoms with Gasteiger partial charge in [0.25, 0.3) is 0 Å². The Morgan fingerprint density at radius 1 is 0.958 bits per heavy atom. The molecule has 0 amide bonds. The second-order valence-corrected chi connectivity index (χ2v) is 9.37. The molecule has 0 bridgehead atoms. The van der Waals surface area contributed by atoms with Gasteiger partial charge in [-0.25, -0.2) is 20.3 Å². The first-order valence-corrected chi connectivity index (χ1v) is 9.57. The van der Waals surface area contributed by atoms with Crippen LogP contribution in [0.5, 0.6) is 0 Å². The summed E-state index contributed by atoms with van der Waals surface area (Å²) in [5.41, 5.74) is 0.113. The number of rotatable bonds is 2. The maximum Gasteiger partial charge on any atom is 0.233 e. The number of Topliss-reactive ketones (excluding diaryl/α,β-unsaturated/α-hetero) is 1. The Labute approximate surface area is 143 Å². The van der Waals surface area contributed by atoms with Crippen LogP contribution in [0.2, 0.25) is 0 Å². The maximum atomic E-state index is 12.4. The van der Waals surface area contributed by atoms with Crippen LogP contribution in [0.3, 0.4) is 0 Å². The van der Waals surface area contributed by atoms with Crippen molar-refractivity contribution in [2.45, 2.75) is 77.4 Å². The summed E-state index contributed by atoms with van der Waals surface area (Å²) in [5, 5.41) is 18.4. The zero-order chi connectivity index (χ0) is 17.2. The van der Waals surface area contributed by atoms with Crippen molar-refractivity contribution >= 4 is 5.78 Å². The van der Waals surface area contributed by atoms with Crippen LogP contribution < -0.4 is 0 Å². The van der Waals surface area contributed by atoms with Gasteiger partial charge in [-0.3, -0.25) is 4.79 Å². The topological polar surface area (TPSA) is 76.0 Å². The molecule has 4 aliphatic carbocycles. The van der Waals surface area contributed by atoms with E-state index in [-0.39, 0.29) is 10.8 Å². The molecule has 5 heteroatoms. The molecule has 4 saturated carbocycles. The van der Waals surface area contributed by atoms with E-state index in [0.29, 0.717) is 42.3 Å². The fraction of sp³-hybridized carbons (Fsp3) is 0.947. The highest BCUT2D eigenvalue weighted by molar-refractivity contribution is 5.87. The van der Waals surface area contributed by atoms with Crippen molar-refractivity contribution in [3.05, 3.63) is 0 Å². The summed E-state index contributed by atoms with van der Waals surface area (Å²) in [7, 11) is 0. The van der Waals surface area contributed by atoms with Gasteiger partial charge in [-0.05, 0) is 67.6 Å². The molecule has 0 heterocycles. The molecule has 1 unspecified atom stereocenters. The van der Waals surface area contributed by atoms with Crippen LogP contribution in [-0.4, -0.2) is 22.1 Å². The first-order valence-electron chi connectivity index (χ1n) is 9.57. The van der Waals surface area contributed by atoms with Crippen molar-refractivity contribution in [2.75, 3.05) is 0 Å². The minimum Gasteiger partial charge on any atom is -0.299 e. The fourth-order valence-corrected chi connectivity index (χ4v) is 7.15. The molecule has 0 radical (unpaired) electrons. The van der Waals surface area contributed by atoms with Gasteiger partial charge in [0.05, 0.1) is 0 Å². The summed E-state index contributed by atoms with van der Waals surface area (Å²) in [6.07, 6.45) is 8.14. The number of carbonyl (C=O) groups excluding carboxylic acids is 1. The highest BCUT2D eigenvalue weighted by atomic mass is 17.2. The summed E-state index contributed by atoms with van der Waals surface area (Å²) in [4.78, 5) is 21.5. The van der Waals surface area contributed by atoms with Gasteiger partial charge in [0.15, 0.2) is 0 Å². The van der Waals surface area contributed by atoms with Crippen molar-refractivity contribution in [2.24, 2.45) is 34.5 Å². The molecule has 0 aromatic rings. The molecule has 2 N–H and O–H groups in total. The third-order valence-corrected chi connectivity index (χ3v) is 8.71. The van der Waals surface area contributed by atoms with Crippen LogP contribution in [0.25, 0.3) is 0 Å². The fourth-order valence-electron chi connectivity index (χ4n) is 7.15. The van der Waals surface area contributed by atoms with Gasteiger partial charge in [0.1, 0.15) is 5.78 Å². The lowest BCUT2D eigenvalue weighted by Crippen LogP contribution is -2.56. The zero-order valence-electron chi connectivity index (χ0n) is 14.8. The molecular weight excluding hydrogens is 308 g/mol. The second kappa shape index (κ2) is 5.50. The molecule has 0 aliphatic heterocycles. The largest absolute Gasteiger partial charge is 0.299 e. The molecule has 0 aromatic heterocycles. The number of ketones is 1. The number of carbonyl (C=O) groups is 1. The van der Waals surface area contributed by atoms with Crippen LogP contribution in [0, 0.1) is 34.5 Å². The second-order valence-electron chi connectivity index (χ2n) is 9.37. The van der Waals surface area contributed by atoms with Gasteiger partial charge < -0.3 is 0 Å². The van der Waals surface area contributed by atoms with E-state index in [2.05, 4.69) is 23.6 Å². The lowest BCUT2D eigenvalue weighted by Gasteiger charge is -2.60. The Kier molecular flexibility index (Phi) is 3.89. The lowest BCUT2D eigenvalue weighted by molar-refractivity contribution is -0.499. The summed E-state index contributed by atoms with van der Waals surface area (Å²) in [6.45, 7) is 4.59. The van der Waals surface area contributed by atoms with Crippen molar-refractivity contribution in [1.29, 1.82) is 0 Å². The molecule has 4 aliphatic rings. The number of hydrogen-bond donors (Lipinski definition) is 2. The SMILES string of the molecule is C[C@]12CCC(OO)(OO)CC1CC[C@@H]1[C@@H]2CC[C@]2(C)C(=O)CC[C@@H]12. The van der Waals surface area contributed by atoms with Crippen LogP contribution in [-0.2, 0) is 14.6 Å². The van der Waals surface area contributed by atoms with E-state index in [1.807, 2.05) is 0 Å². The third kappa shape index (κ3) is 2.11. The molecule has 0 saturated heterocycles. The molecule has 0 aromatic carbocycles. The van der Waals surface area contributed by atoms with Crippen molar-refractivity contribution in [1.82, 2.24) is 0 Å². The standard InChI is InChI=1S/C19H30O5/c1-17-9-10-19(23-21,24-22)11-12(17)3-4-13-14-5-6-16(20)18(14,2)8-7-15(13)17/h12-15,21-22H,3-11H2,1-2H3/t12?,13-,14-,15-,17-,18-/m0/s1. The van der Waals surface area contributed by atoms with Crippen LogP contribution in [0.1, 0.15) is 71.6 Å². The highest BCUT2D eigenvalue weighted by Gasteiger charge is 2.62. The molecule has 24 heavy (non-hydrogen) atoms. The van der Waals surface area contributed by atoms with Gasteiger partial charge in [-0.15, -0.1) is 0 Å². The quantitative estimate of drug-likeness (QED) is 0.447. The first kappa shape index (κ1) is 17.0. The molecule has 136 valence electrons. The van der Waals surface area contributed by atoms with E-state index in [1.165, 1.54) is 0 Å². The summed E-state index contributed by atoms with van der Waals surface area (Å²) in [5.74, 6) is 1.46. The lowest BCUT2D eigenvalue weighted by atomic mass is 9.45. The predicted molar refractivity (Wildman–Crippen MR) is 86.9 cm³/mol. The van der Waals surface area contributed by atoms with Crippen molar-refractivity contribution in [3.8, 4) is 0 Å². The van der Waals surface area contributed by atoms with E-state index in [0.717, 1.165) is 44.9 Å². The van der Waals surface area contributed by atoms with E-state index in [4.69, 9.17) is 0 Å². The Morgan fingerprint density at radius 3 is 2.42 bits per heavy atom. The number of hydrogen-bond acceptors (Lipinski definition) is 5. The average molecular weight is 338 g/mol. The van der Waals surface area contributed by atoms with Crippen LogP contribution in [0.15, 0.2) is 0 Å². The molecule has 4 rings (SSSR count). The summed E-state index contributed by atoms with van der Waals surface area (Å²) < 4.78 is 0. The molecular formula is C19H30O5. The zero-order valence-corrected chi connectivity index (χ0v) is 14.8. The minimum atomic E-state index is -1.25. The molecule has 0 spiro atoms. The maximum absolute atomic E-state index is 12.4. The van der Waals surface area contributed by atoms with E-state index in [1.54, 1.807) is 0 Å². The van der Waals surface area contributed by atoms with E-state index >= 15 is 0 Å². The smallest absolute Gasteiger partial charge is 0.233 e. The molecule has 6 atom stereocenters. The van der Waals surface area contributed by atoms with Crippen molar-refractivity contribution in [3.63, 3.8) is 0 Å². The Morgan fingerprint density at radius 2 is 1.71 bits per heavy atom. The van der Waals surface area contributed by atoms with Crippen LogP contribution in [0.4, 0.5) is 0 Å². The van der Waals surface area contributed by atoms with Gasteiger partial charge in [-0.2, -0.15) is 0 Å². The summed E-state index contributed by atoms with van der Waals surface area (Å²) in [6, 6.07) is 0. The van der Waals surface area contributed by atoms with Gasteiger partial charge in [-0.1, -0.05) is 13.8 Å². The third-order valence-electron chi connectivity index (χ3n) is 8.71. The Balaban J connectivity index is 1.60. The van der Waals surface area contributed by atoms with Gasteiger partial charge in [0, 0.05) is 24.7 Å². The Hall–Kier alpha value is -0.490. The van der Waals surface area contributed by atoms with E-state index < -0.39 is 5.79 Å². The van der Waals surface area contributed by atoms with Crippen molar-refractivity contribution < 1.29 is 25.1 Å². The van der Waals surface area contributed by atoms with E-state index in [9.17, 15) is 15.3 Å². The molecule has 5 nitrogen and oxygen atoms in total. The highest BCUT2D eigenvalue weighted by Crippen LogP contribution is 2.66. The normalized spacial score (nSPS) is 50.1. The predicted octanol–water partition coefficient (Wildman–Crippen LogP) is 4.27. The van der Waals surface area contributed by atoms with Gasteiger partial charge >= 0.3 is 0 Å². The van der Waals surface area contributed by atoms with Crippen LogP contribution >= 0.6 is 0 Å². The Bertz CT molecular complexity index is 530. The number of fused-ring (bicyclic) bond motifs is 5. The monoisotopic (exact) mass is 338 g/mol. The molecule has 4 fully saturated rings.